The minimum Gasteiger partial charge on any atom is -0.481 e. The van der Waals surface area contributed by atoms with Gasteiger partial charge in [0, 0.05) is 17.0 Å². The van der Waals surface area contributed by atoms with Gasteiger partial charge >= 0.3 is 11.9 Å². The zero-order chi connectivity index (χ0) is 17.6. The van der Waals surface area contributed by atoms with Crippen molar-refractivity contribution in [2.75, 3.05) is 4.90 Å². The number of nitrogens with zero attached hydrogens (tertiary/aromatic N) is 1. The van der Waals surface area contributed by atoms with Crippen LogP contribution in [-0.2, 0) is 9.59 Å². The maximum absolute atomic E-state index is 11.8. The summed E-state index contributed by atoms with van der Waals surface area (Å²) in [6.45, 7) is 0. The standard InChI is InChI=1S/C20H15NO4/c22-19(23)16-9-10-21(18(16)20(24)25)17-14-7-3-1-5-12(14)11-13-6-2-4-8-15(13)17/h1-11,16,18H,(H,22,23)(H,24,25). The second kappa shape index (κ2) is 5.63. The van der Waals surface area contributed by atoms with Gasteiger partial charge in [-0.25, -0.2) is 4.79 Å². The van der Waals surface area contributed by atoms with Crippen LogP contribution < -0.4 is 4.90 Å². The van der Waals surface area contributed by atoms with Crippen LogP contribution in [0.3, 0.4) is 0 Å². The Bertz CT molecular complexity index is 986. The van der Waals surface area contributed by atoms with Gasteiger partial charge < -0.3 is 15.1 Å². The molecule has 124 valence electrons. The van der Waals surface area contributed by atoms with Crippen molar-refractivity contribution < 1.29 is 19.8 Å². The third-order valence-electron chi connectivity index (χ3n) is 4.63. The number of benzene rings is 3. The van der Waals surface area contributed by atoms with Gasteiger partial charge in [0.1, 0.15) is 12.0 Å². The van der Waals surface area contributed by atoms with Gasteiger partial charge in [0.15, 0.2) is 0 Å². The van der Waals surface area contributed by atoms with Crippen LogP contribution in [0.4, 0.5) is 5.69 Å². The fourth-order valence-corrected chi connectivity index (χ4v) is 3.53. The van der Waals surface area contributed by atoms with Crippen LogP contribution >= 0.6 is 0 Å². The third-order valence-corrected chi connectivity index (χ3v) is 4.63. The molecule has 3 aromatic carbocycles. The Kier molecular flexibility index (Phi) is 3.42. The fourth-order valence-electron chi connectivity index (χ4n) is 3.53. The molecular formula is C20H15NO4. The highest BCUT2D eigenvalue weighted by atomic mass is 16.4. The van der Waals surface area contributed by atoms with E-state index in [0.717, 1.165) is 27.2 Å². The van der Waals surface area contributed by atoms with Crippen molar-refractivity contribution in [2.45, 2.75) is 6.04 Å². The molecule has 25 heavy (non-hydrogen) atoms. The maximum atomic E-state index is 11.8. The largest absolute Gasteiger partial charge is 0.481 e. The van der Waals surface area contributed by atoms with Crippen molar-refractivity contribution in [3.8, 4) is 0 Å². The zero-order valence-electron chi connectivity index (χ0n) is 13.2. The van der Waals surface area contributed by atoms with Crippen LogP contribution in [-0.4, -0.2) is 28.2 Å². The summed E-state index contributed by atoms with van der Waals surface area (Å²) >= 11 is 0. The smallest absolute Gasteiger partial charge is 0.327 e. The second-order valence-corrected chi connectivity index (χ2v) is 6.06. The van der Waals surface area contributed by atoms with E-state index in [1.807, 2.05) is 48.5 Å². The van der Waals surface area contributed by atoms with E-state index < -0.39 is 23.9 Å². The molecule has 2 unspecified atom stereocenters. The lowest BCUT2D eigenvalue weighted by Gasteiger charge is -2.27. The molecule has 4 rings (SSSR count). The van der Waals surface area contributed by atoms with Gasteiger partial charge in [0.25, 0.3) is 0 Å². The van der Waals surface area contributed by atoms with Crippen LogP contribution in [0.25, 0.3) is 21.5 Å². The molecule has 0 radical (unpaired) electrons. The van der Waals surface area contributed by atoms with E-state index in [1.165, 1.54) is 6.08 Å². The SMILES string of the molecule is O=C(O)C1C=CN(c2c3ccccc3cc3ccccc23)C1C(=O)O. The summed E-state index contributed by atoms with van der Waals surface area (Å²) in [5, 5.41) is 22.8. The molecule has 0 spiro atoms. The lowest BCUT2D eigenvalue weighted by atomic mass is 9.97. The van der Waals surface area contributed by atoms with Gasteiger partial charge in [-0.3, -0.25) is 4.79 Å². The highest BCUT2D eigenvalue weighted by molar-refractivity contribution is 6.13. The number of carboxylic acids is 2. The molecule has 1 aliphatic rings. The molecule has 0 saturated carbocycles. The van der Waals surface area contributed by atoms with E-state index in [9.17, 15) is 19.8 Å². The molecule has 2 N–H and O–H groups in total. The summed E-state index contributed by atoms with van der Waals surface area (Å²) in [4.78, 5) is 24.9. The summed E-state index contributed by atoms with van der Waals surface area (Å²) < 4.78 is 0. The number of hydrogen-bond donors (Lipinski definition) is 2. The Morgan fingerprint density at radius 1 is 0.840 bits per heavy atom. The summed E-state index contributed by atoms with van der Waals surface area (Å²) in [5.41, 5.74) is 0.723. The zero-order valence-corrected chi connectivity index (χ0v) is 13.2. The third kappa shape index (κ3) is 2.32. The monoisotopic (exact) mass is 333 g/mol. The minimum absolute atomic E-state index is 0.723. The molecule has 5 nitrogen and oxygen atoms in total. The van der Waals surface area contributed by atoms with Crippen LogP contribution in [0, 0.1) is 5.92 Å². The predicted molar refractivity (Wildman–Crippen MR) is 95.6 cm³/mol. The van der Waals surface area contributed by atoms with E-state index in [1.54, 1.807) is 11.1 Å². The van der Waals surface area contributed by atoms with E-state index in [2.05, 4.69) is 6.07 Å². The average Bonchev–Trinajstić information content (AvgIpc) is 3.04. The van der Waals surface area contributed by atoms with Gasteiger partial charge in [-0.1, -0.05) is 54.6 Å². The summed E-state index contributed by atoms with van der Waals surface area (Å²) in [6, 6.07) is 16.3. The number of aliphatic carboxylic acids is 2. The number of carbonyl (C=O) groups is 2. The number of carboxylic acid groups (broad SMARTS) is 2. The normalized spacial score (nSPS) is 19.6. The Morgan fingerprint density at radius 2 is 1.40 bits per heavy atom. The van der Waals surface area contributed by atoms with Gasteiger partial charge in [-0.2, -0.15) is 0 Å². The van der Waals surface area contributed by atoms with Gasteiger partial charge in [0.2, 0.25) is 0 Å². The first-order chi connectivity index (χ1) is 12.1. The molecule has 3 aromatic rings. The average molecular weight is 333 g/mol. The van der Waals surface area contributed by atoms with Crippen molar-refractivity contribution in [1.82, 2.24) is 0 Å². The molecule has 0 saturated heterocycles. The Hall–Kier alpha value is -3.34. The van der Waals surface area contributed by atoms with Crippen LogP contribution in [0.5, 0.6) is 0 Å². The lowest BCUT2D eigenvalue weighted by molar-refractivity contribution is -0.147. The summed E-state index contributed by atoms with van der Waals surface area (Å²) in [5.74, 6) is -3.39. The summed E-state index contributed by atoms with van der Waals surface area (Å²) in [7, 11) is 0. The van der Waals surface area contributed by atoms with E-state index in [-0.39, 0.29) is 0 Å². The highest BCUT2D eigenvalue weighted by Gasteiger charge is 2.41. The molecule has 5 heteroatoms. The number of hydrogen-bond acceptors (Lipinski definition) is 3. The van der Waals surface area contributed by atoms with E-state index in [4.69, 9.17) is 0 Å². The molecular weight excluding hydrogens is 318 g/mol. The maximum Gasteiger partial charge on any atom is 0.327 e. The van der Waals surface area contributed by atoms with Crippen LogP contribution in [0.1, 0.15) is 0 Å². The molecule has 1 aliphatic heterocycles. The quantitative estimate of drug-likeness (QED) is 0.718. The molecule has 0 fully saturated rings. The van der Waals surface area contributed by atoms with Crippen molar-refractivity contribution in [1.29, 1.82) is 0 Å². The molecule has 1 heterocycles. The molecule has 0 aromatic heterocycles. The van der Waals surface area contributed by atoms with Gasteiger partial charge in [-0.15, -0.1) is 0 Å². The fraction of sp³-hybridized carbons (Fsp3) is 0.100. The van der Waals surface area contributed by atoms with Gasteiger partial charge in [-0.05, 0) is 16.8 Å². The molecule has 0 bridgehead atoms. The van der Waals surface area contributed by atoms with E-state index >= 15 is 0 Å². The van der Waals surface area contributed by atoms with Crippen molar-refractivity contribution in [3.05, 3.63) is 66.9 Å². The predicted octanol–water partition coefficient (Wildman–Crippen LogP) is 3.48. The number of fused-ring (bicyclic) bond motifs is 2. The Morgan fingerprint density at radius 3 is 1.92 bits per heavy atom. The van der Waals surface area contributed by atoms with Crippen molar-refractivity contribution in [3.63, 3.8) is 0 Å². The Balaban J connectivity index is 2.03. The topological polar surface area (TPSA) is 77.8 Å². The van der Waals surface area contributed by atoms with E-state index in [0.29, 0.717) is 0 Å². The minimum atomic E-state index is -1.17. The highest BCUT2D eigenvalue weighted by Crippen LogP contribution is 2.39. The lowest BCUT2D eigenvalue weighted by Crippen LogP contribution is -2.42. The second-order valence-electron chi connectivity index (χ2n) is 6.06. The van der Waals surface area contributed by atoms with Gasteiger partial charge in [0.05, 0.1) is 5.69 Å². The van der Waals surface area contributed by atoms with Crippen LogP contribution in [0.2, 0.25) is 0 Å². The number of anilines is 1. The molecule has 2 atom stereocenters. The van der Waals surface area contributed by atoms with Crippen molar-refractivity contribution >= 4 is 39.2 Å². The first kappa shape index (κ1) is 15.2. The van der Waals surface area contributed by atoms with Crippen molar-refractivity contribution in [2.24, 2.45) is 5.92 Å². The Labute approximate surface area is 143 Å². The number of rotatable bonds is 3. The van der Waals surface area contributed by atoms with Crippen LogP contribution in [0.15, 0.2) is 66.9 Å². The summed E-state index contributed by atoms with van der Waals surface area (Å²) in [6.07, 6.45) is 3.02. The molecule has 0 amide bonds. The first-order valence-corrected chi connectivity index (χ1v) is 7.90. The molecule has 0 aliphatic carbocycles. The first-order valence-electron chi connectivity index (χ1n) is 7.90.